The largest absolute Gasteiger partial charge is 0.292 e. The van der Waals surface area contributed by atoms with E-state index in [2.05, 4.69) is 9.97 Å². The van der Waals surface area contributed by atoms with Crippen LogP contribution in [0, 0.1) is 5.41 Å². The van der Waals surface area contributed by atoms with E-state index < -0.39 is 5.41 Å². The van der Waals surface area contributed by atoms with Gasteiger partial charge in [0.2, 0.25) is 0 Å². The van der Waals surface area contributed by atoms with E-state index in [0.29, 0.717) is 6.42 Å². The molecule has 0 unspecified atom stereocenters. The summed E-state index contributed by atoms with van der Waals surface area (Å²) in [6, 6.07) is 0. The molecule has 1 aromatic heterocycles. The minimum Gasteiger partial charge on any atom is -0.292 e. The Labute approximate surface area is 95.1 Å². The van der Waals surface area contributed by atoms with Gasteiger partial charge in [-0.15, -0.1) is 0 Å². The molecule has 1 aromatic rings. The Bertz CT molecular complexity index is 419. The predicted octanol–water partition coefficient (Wildman–Crippen LogP) is 2.30. The third-order valence-corrected chi connectivity index (χ3v) is 2.16. The molecule has 1 heterocycles. The molecule has 0 radical (unpaired) electrons. The maximum absolute atomic E-state index is 11.9. The van der Waals surface area contributed by atoms with E-state index in [-0.39, 0.29) is 23.0 Å². The van der Waals surface area contributed by atoms with Gasteiger partial charge in [0.15, 0.2) is 11.6 Å². The van der Waals surface area contributed by atoms with Crippen molar-refractivity contribution in [2.45, 2.75) is 34.1 Å². The maximum atomic E-state index is 11.9. The third kappa shape index (κ3) is 2.72. The Morgan fingerprint density at radius 1 is 1.19 bits per heavy atom. The number of ketones is 2. The Morgan fingerprint density at radius 3 is 2.25 bits per heavy atom. The minimum absolute atomic E-state index is 0.101. The highest BCUT2D eigenvalue weighted by molar-refractivity contribution is 5.99. The van der Waals surface area contributed by atoms with Gasteiger partial charge in [-0.3, -0.25) is 14.6 Å². The number of hydrogen-bond donors (Lipinski definition) is 0. The van der Waals surface area contributed by atoms with Crippen LogP contribution in [0.1, 0.15) is 55.1 Å². The van der Waals surface area contributed by atoms with Crippen LogP contribution in [0.25, 0.3) is 0 Å². The van der Waals surface area contributed by atoms with E-state index in [9.17, 15) is 9.59 Å². The molecule has 0 bridgehead atoms. The molecule has 0 N–H and O–H groups in total. The summed E-state index contributed by atoms with van der Waals surface area (Å²) in [6.45, 7) is 7.18. The van der Waals surface area contributed by atoms with Gasteiger partial charge < -0.3 is 0 Å². The summed E-state index contributed by atoms with van der Waals surface area (Å²) in [4.78, 5) is 31.3. The summed E-state index contributed by atoms with van der Waals surface area (Å²) in [5.74, 6) is -0.207. The van der Waals surface area contributed by atoms with Crippen LogP contribution in [0.5, 0.6) is 0 Å². The maximum Gasteiger partial charge on any atom is 0.188 e. The van der Waals surface area contributed by atoms with Crippen LogP contribution in [0.3, 0.4) is 0 Å². The van der Waals surface area contributed by atoms with Gasteiger partial charge in [0.25, 0.3) is 0 Å². The van der Waals surface area contributed by atoms with Gasteiger partial charge in [0.05, 0.1) is 12.4 Å². The summed E-state index contributed by atoms with van der Waals surface area (Å²) in [5.41, 5.74) is 0.00662. The molecule has 86 valence electrons. The van der Waals surface area contributed by atoms with Crippen molar-refractivity contribution in [3.63, 3.8) is 0 Å². The van der Waals surface area contributed by atoms with Gasteiger partial charge >= 0.3 is 0 Å². The van der Waals surface area contributed by atoms with Crippen molar-refractivity contribution in [3.05, 3.63) is 23.8 Å². The van der Waals surface area contributed by atoms with Crippen molar-refractivity contribution in [3.8, 4) is 0 Å². The average molecular weight is 220 g/mol. The molecule has 0 aliphatic rings. The smallest absolute Gasteiger partial charge is 0.188 e. The first-order chi connectivity index (χ1) is 7.36. The second-order valence-electron chi connectivity index (χ2n) is 4.65. The lowest BCUT2D eigenvalue weighted by Gasteiger charge is -2.15. The Hall–Kier alpha value is -1.58. The SMILES string of the molecule is CCC(=O)c1cncc(C(=O)C(C)(C)C)n1. The number of nitrogens with zero attached hydrogens (tertiary/aromatic N) is 2. The standard InChI is InChI=1S/C12H16N2O2/c1-5-10(15)8-6-13-7-9(14-8)11(16)12(2,3)4/h6-7H,5H2,1-4H3. The van der Waals surface area contributed by atoms with Crippen LogP contribution in [-0.4, -0.2) is 21.5 Å². The molecular formula is C12H16N2O2. The van der Waals surface area contributed by atoms with E-state index in [1.54, 1.807) is 6.92 Å². The van der Waals surface area contributed by atoms with Crippen LogP contribution >= 0.6 is 0 Å². The highest BCUT2D eigenvalue weighted by Crippen LogP contribution is 2.19. The normalized spacial score (nSPS) is 11.2. The number of hydrogen-bond acceptors (Lipinski definition) is 4. The van der Waals surface area contributed by atoms with Crippen molar-refractivity contribution >= 4 is 11.6 Å². The fourth-order valence-corrected chi connectivity index (χ4v) is 1.18. The number of carbonyl (C=O) groups is 2. The molecule has 0 amide bonds. The van der Waals surface area contributed by atoms with Gasteiger partial charge in [0.1, 0.15) is 11.4 Å². The van der Waals surface area contributed by atoms with Crippen LogP contribution in [-0.2, 0) is 0 Å². The fraction of sp³-hybridized carbons (Fsp3) is 0.500. The molecule has 0 fully saturated rings. The van der Waals surface area contributed by atoms with E-state index in [1.165, 1.54) is 12.4 Å². The van der Waals surface area contributed by atoms with E-state index in [1.807, 2.05) is 20.8 Å². The molecule has 0 saturated carbocycles. The summed E-state index contributed by atoms with van der Waals surface area (Å²) < 4.78 is 0. The van der Waals surface area contributed by atoms with Crippen LogP contribution in [0.15, 0.2) is 12.4 Å². The summed E-state index contributed by atoms with van der Waals surface area (Å²) in [6.07, 6.45) is 3.16. The molecule has 1 rings (SSSR count). The first-order valence-corrected chi connectivity index (χ1v) is 5.26. The number of rotatable bonds is 3. The van der Waals surface area contributed by atoms with E-state index in [4.69, 9.17) is 0 Å². The Morgan fingerprint density at radius 2 is 1.75 bits per heavy atom. The molecule has 0 aliphatic heterocycles. The highest BCUT2D eigenvalue weighted by Gasteiger charge is 2.24. The highest BCUT2D eigenvalue weighted by atomic mass is 16.1. The van der Waals surface area contributed by atoms with E-state index in [0.717, 1.165) is 0 Å². The lowest BCUT2D eigenvalue weighted by molar-refractivity contribution is 0.0852. The Balaban J connectivity index is 3.09. The van der Waals surface area contributed by atoms with Gasteiger partial charge in [-0.05, 0) is 0 Å². The number of carbonyl (C=O) groups excluding carboxylic acids is 2. The quantitative estimate of drug-likeness (QED) is 0.733. The molecule has 0 aliphatic carbocycles. The molecule has 0 aromatic carbocycles. The Kier molecular flexibility index (Phi) is 3.52. The van der Waals surface area contributed by atoms with Crippen LogP contribution in [0.4, 0.5) is 0 Å². The van der Waals surface area contributed by atoms with Crippen molar-refractivity contribution < 1.29 is 9.59 Å². The first-order valence-electron chi connectivity index (χ1n) is 5.26. The summed E-state index contributed by atoms with van der Waals surface area (Å²) in [7, 11) is 0. The zero-order valence-electron chi connectivity index (χ0n) is 10.1. The average Bonchev–Trinajstić information content (AvgIpc) is 2.26. The monoisotopic (exact) mass is 220 g/mol. The van der Waals surface area contributed by atoms with E-state index >= 15 is 0 Å². The van der Waals surface area contributed by atoms with Gasteiger partial charge in [-0.25, -0.2) is 4.98 Å². The summed E-state index contributed by atoms with van der Waals surface area (Å²) >= 11 is 0. The van der Waals surface area contributed by atoms with Gasteiger partial charge in [-0.1, -0.05) is 27.7 Å². The minimum atomic E-state index is -0.511. The molecule has 4 heteroatoms. The molecule has 0 atom stereocenters. The lowest BCUT2D eigenvalue weighted by Crippen LogP contribution is -2.22. The van der Waals surface area contributed by atoms with Crippen LogP contribution < -0.4 is 0 Å². The fourth-order valence-electron chi connectivity index (χ4n) is 1.18. The van der Waals surface area contributed by atoms with Gasteiger partial charge in [0, 0.05) is 11.8 Å². The molecule has 0 saturated heterocycles. The third-order valence-electron chi connectivity index (χ3n) is 2.16. The zero-order chi connectivity index (χ0) is 12.3. The zero-order valence-corrected chi connectivity index (χ0v) is 10.1. The van der Waals surface area contributed by atoms with Gasteiger partial charge in [-0.2, -0.15) is 0 Å². The summed E-state index contributed by atoms with van der Waals surface area (Å²) in [5, 5.41) is 0. The lowest BCUT2D eigenvalue weighted by atomic mass is 9.89. The van der Waals surface area contributed by atoms with Crippen molar-refractivity contribution in [1.29, 1.82) is 0 Å². The second kappa shape index (κ2) is 4.51. The van der Waals surface area contributed by atoms with Crippen molar-refractivity contribution in [2.75, 3.05) is 0 Å². The molecular weight excluding hydrogens is 204 g/mol. The van der Waals surface area contributed by atoms with Crippen molar-refractivity contribution in [1.82, 2.24) is 9.97 Å². The molecule has 4 nitrogen and oxygen atoms in total. The van der Waals surface area contributed by atoms with Crippen LogP contribution in [0.2, 0.25) is 0 Å². The number of aromatic nitrogens is 2. The topological polar surface area (TPSA) is 59.9 Å². The number of Topliss-reactive ketones (excluding diaryl/α,β-unsaturated/α-hetero) is 2. The first kappa shape index (κ1) is 12.5. The van der Waals surface area contributed by atoms with Crippen molar-refractivity contribution in [2.24, 2.45) is 5.41 Å². The predicted molar refractivity (Wildman–Crippen MR) is 60.4 cm³/mol. The molecule has 0 spiro atoms. The second-order valence-corrected chi connectivity index (χ2v) is 4.65. The molecule has 16 heavy (non-hydrogen) atoms.